The maximum Gasteiger partial charge on any atom is 0.294 e. The predicted molar refractivity (Wildman–Crippen MR) is 110 cm³/mol. The first kappa shape index (κ1) is 12.9. The maximum absolute atomic E-state index is 8.79. The molecule has 2 nitrogen and oxygen atoms in total. The molecule has 26 heavy (non-hydrogen) atoms. The van der Waals surface area contributed by atoms with Crippen LogP contribution in [0.15, 0.2) is 48.7 Å². The van der Waals surface area contributed by atoms with Crippen LogP contribution < -0.4 is 4.57 Å². The minimum atomic E-state index is -2.37. The molecule has 0 spiro atoms. The topological polar surface area (TPSA) is 8.81 Å². The first-order chi connectivity index (χ1) is 14.1. The first-order valence-corrected chi connectivity index (χ1v) is 8.96. The van der Waals surface area contributed by atoms with E-state index in [9.17, 15) is 0 Å². The minimum Gasteiger partial charge on any atom is -0.232 e. The molecule has 0 amide bonds. The smallest absolute Gasteiger partial charge is 0.232 e. The summed E-state index contributed by atoms with van der Waals surface area (Å²) in [5.74, 6) is -1.27. The standard InChI is InChI=1S/C24H31N2/c1-16(2)20-13-10-14-21(17(3)4)23(20)26-19(6)15-25(7)24(26)22-12-9-8-11-18(22)5/h8-17H,1-7H3/q+1/i6D3,16D,17D. The molecule has 0 aliphatic carbocycles. The highest BCUT2D eigenvalue weighted by molar-refractivity contribution is 5.64. The van der Waals surface area contributed by atoms with Gasteiger partial charge in [-0.3, -0.25) is 0 Å². The van der Waals surface area contributed by atoms with E-state index in [0.717, 1.165) is 11.1 Å². The van der Waals surface area contributed by atoms with Crippen molar-refractivity contribution in [3.8, 4) is 17.1 Å². The van der Waals surface area contributed by atoms with E-state index >= 15 is 0 Å². The fourth-order valence-corrected chi connectivity index (χ4v) is 3.53. The number of benzene rings is 2. The fraction of sp³-hybridized carbons (Fsp3) is 0.375. The Balaban J connectivity index is 2.59. The first-order valence-electron chi connectivity index (χ1n) is 11.5. The summed E-state index contributed by atoms with van der Waals surface area (Å²) in [5, 5.41) is 0. The molecule has 2 aromatic carbocycles. The van der Waals surface area contributed by atoms with Crippen molar-refractivity contribution in [2.45, 2.75) is 53.3 Å². The highest BCUT2D eigenvalue weighted by Crippen LogP contribution is 2.35. The number of rotatable bonds is 4. The van der Waals surface area contributed by atoms with Gasteiger partial charge in [0.1, 0.15) is 17.6 Å². The molecule has 2 heteroatoms. The third-order valence-electron chi connectivity index (χ3n) is 4.83. The number of nitrogens with zero attached hydrogens (tertiary/aromatic N) is 2. The third-order valence-corrected chi connectivity index (χ3v) is 4.83. The second-order valence-corrected chi connectivity index (χ2v) is 7.30. The van der Waals surface area contributed by atoms with E-state index in [2.05, 4.69) is 0 Å². The lowest BCUT2D eigenvalue weighted by molar-refractivity contribution is -0.659. The second kappa shape index (κ2) is 7.11. The average Bonchev–Trinajstić information content (AvgIpc) is 2.97. The molecule has 0 unspecified atom stereocenters. The number of aryl methyl sites for hydroxylation is 3. The van der Waals surface area contributed by atoms with E-state index in [-0.39, 0.29) is 5.69 Å². The van der Waals surface area contributed by atoms with Gasteiger partial charge in [-0.1, -0.05) is 64.1 Å². The largest absolute Gasteiger partial charge is 0.294 e. The Hall–Kier alpha value is -2.35. The quantitative estimate of drug-likeness (QED) is 0.522. The van der Waals surface area contributed by atoms with Gasteiger partial charge in [0.05, 0.1) is 12.6 Å². The zero-order valence-electron chi connectivity index (χ0n) is 21.5. The summed E-state index contributed by atoms with van der Waals surface area (Å²) >= 11 is 0. The summed E-state index contributed by atoms with van der Waals surface area (Å²) in [5.41, 5.74) is 4.06. The van der Waals surface area contributed by atoms with Crippen LogP contribution in [-0.4, -0.2) is 4.57 Å². The molecule has 3 aromatic rings. The van der Waals surface area contributed by atoms with Gasteiger partial charge in [-0.25, -0.2) is 4.57 Å². The summed E-state index contributed by atoms with van der Waals surface area (Å²) in [7, 11) is 1.84. The molecule has 0 aliphatic heterocycles. The molecule has 0 bridgehead atoms. The van der Waals surface area contributed by atoms with E-state index in [0.29, 0.717) is 22.6 Å². The highest BCUT2D eigenvalue weighted by atomic mass is 15.2. The zero-order valence-corrected chi connectivity index (χ0v) is 16.5. The number of aromatic nitrogens is 2. The van der Waals surface area contributed by atoms with Crippen LogP contribution in [0.2, 0.25) is 0 Å². The Morgan fingerprint density at radius 3 is 2.12 bits per heavy atom. The molecule has 1 heterocycles. The van der Waals surface area contributed by atoms with Gasteiger partial charge < -0.3 is 0 Å². The summed E-state index contributed by atoms with van der Waals surface area (Å²) in [6.45, 7) is 6.78. The highest BCUT2D eigenvalue weighted by Gasteiger charge is 2.28. The third kappa shape index (κ3) is 3.09. The molecular weight excluding hydrogens is 316 g/mol. The molecule has 0 saturated heterocycles. The lowest BCUT2D eigenvalue weighted by Gasteiger charge is -2.19. The molecule has 0 fully saturated rings. The Kier molecular flexibility index (Phi) is 3.53. The molecule has 0 radical (unpaired) electrons. The van der Waals surface area contributed by atoms with E-state index in [1.54, 1.807) is 38.5 Å². The van der Waals surface area contributed by atoms with Gasteiger partial charge in [0.15, 0.2) is 0 Å². The van der Waals surface area contributed by atoms with Crippen molar-refractivity contribution < 1.29 is 11.4 Å². The van der Waals surface area contributed by atoms with Crippen LogP contribution in [0.25, 0.3) is 17.1 Å². The lowest BCUT2D eigenvalue weighted by Crippen LogP contribution is -2.29. The van der Waals surface area contributed by atoms with Gasteiger partial charge in [0, 0.05) is 24.8 Å². The molecule has 1 aromatic heterocycles. The van der Waals surface area contributed by atoms with Crippen molar-refractivity contribution in [1.82, 2.24) is 4.57 Å². The van der Waals surface area contributed by atoms with Crippen molar-refractivity contribution in [2.24, 2.45) is 7.05 Å². The van der Waals surface area contributed by atoms with Crippen molar-refractivity contribution in [1.29, 1.82) is 0 Å². The van der Waals surface area contributed by atoms with Gasteiger partial charge in [0.25, 0.3) is 5.82 Å². The van der Waals surface area contributed by atoms with Crippen LogP contribution in [0, 0.1) is 13.8 Å². The zero-order chi connectivity index (χ0) is 23.4. The lowest BCUT2D eigenvalue weighted by atomic mass is 9.92. The van der Waals surface area contributed by atoms with Crippen LogP contribution in [0.4, 0.5) is 0 Å². The molecule has 0 aliphatic rings. The number of para-hydroxylation sites is 1. The number of hydrogen-bond donors (Lipinski definition) is 0. The minimum absolute atomic E-state index is 0.162. The average molecular weight is 353 g/mol. The summed E-state index contributed by atoms with van der Waals surface area (Å²) in [6.07, 6.45) is 1.64. The Morgan fingerprint density at radius 2 is 1.58 bits per heavy atom. The number of hydrogen-bond acceptors (Lipinski definition) is 0. The Labute approximate surface area is 165 Å². The summed E-state index contributed by atoms with van der Waals surface area (Å²) in [6, 6.07) is 13.4. The normalized spacial score (nSPS) is 15.7. The van der Waals surface area contributed by atoms with Crippen LogP contribution in [0.1, 0.15) is 68.7 Å². The molecule has 136 valence electrons. The maximum atomic E-state index is 8.79. The van der Waals surface area contributed by atoms with Crippen molar-refractivity contribution in [3.05, 3.63) is 71.0 Å². The van der Waals surface area contributed by atoms with E-state index in [1.165, 1.54) is 0 Å². The van der Waals surface area contributed by atoms with Crippen molar-refractivity contribution >= 4 is 0 Å². The van der Waals surface area contributed by atoms with Crippen LogP contribution in [0.5, 0.6) is 0 Å². The monoisotopic (exact) mass is 352 g/mol. The van der Waals surface area contributed by atoms with Crippen molar-refractivity contribution in [2.75, 3.05) is 0 Å². The van der Waals surface area contributed by atoms with Gasteiger partial charge >= 0.3 is 0 Å². The van der Waals surface area contributed by atoms with Crippen LogP contribution in [0.3, 0.4) is 0 Å². The molecule has 0 N–H and O–H groups in total. The van der Waals surface area contributed by atoms with Crippen molar-refractivity contribution in [3.63, 3.8) is 0 Å². The summed E-state index contributed by atoms with van der Waals surface area (Å²) < 4.78 is 45.9. The molecule has 0 saturated carbocycles. The van der Waals surface area contributed by atoms with Gasteiger partial charge in [-0.05, 0) is 30.3 Å². The van der Waals surface area contributed by atoms with E-state index in [1.807, 2.05) is 61.0 Å². The summed E-state index contributed by atoms with van der Waals surface area (Å²) in [4.78, 5) is 0. The Morgan fingerprint density at radius 1 is 0.962 bits per heavy atom. The van der Waals surface area contributed by atoms with Crippen LogP contribution in [-0.2, 0) is 7.05 Å². The van der Waals surface area contributed by atoms with Gasteiger partial charge in [0.2, 0.25) is 0 Å². The van der Waals surface area contributed by atoms with Gasteiger partial charge in [-0.2, -0.15) is 4.57 Å². The molecule has 3 rings (SSSR count). The fourth-order valence-electron chi connectivity index (χ4n) is 3.53. The van der Waals surface area contributed by atoms with Crippen LogP contribution >= 0.6 is 0 Å². The predicted octanol–water partition coefficient (Wildman–Crippen LogP) is 5.83. The molecule has 0 atom stereocenters. The van der Waals surface area contributed by atoms with E-state index in [4.69, 9.17) is 6.85 Å². The molecular formula is C24H31N2+. The Bertz CT molecular complexity index is 1080. The SMILES string of the molecule is [2H]C([2H])([2H])c1c[n+](C)c(-c2ccccc2C)n1-c1c(C([2H])(C)C)cccc1C([2H])(C)C. The van der Waals surface area contributed by atoms with E-state index < -0.39 is 18.6 Å². The number of imidazole rings is 1. The second-order valence-electron chi connectivity index (χ2n) is 7.30. The van der Waals surface area contributed by atoms with Gasteiger partial charge in [-0.15, -0.1) is 0 Å².